The van der Waals surface area contributed by atoms with Gasteiger partial charge in [-0.3, -0.25) is 9.59 Å². The van der Waals surface area contributed by atoms with Crippen molar-refractivity contribution in [2.24, 2.45) is 0 Å². The molecule has 0 unspecified atom stereocenters. The van der Waals surface area contributed by atoms with Crippen molar-refractivity contribution in [2.75, 3.05) is 25.0 Å². The number of amides is 2. The first-order chi connectivity index (χ1) is 13.8. The highest BCUT2D eigenvalue weighted by molar-refractivity contribution is 6.35. The lowest BCUT2D eigenvalue weighted by Crippen LogP contribution is -2.32. The normalized spacial score (nSPS) is 14.2. The molecule has 2 aromatic heterocycles. The average molecular weight is 397 g/mol. The van der Waals surface area contributed by atoms with Gasteiger partial charge in [0, 0.05) is 35.6 Å². The summed E-state index contributed by atoms with van der Waals surface area (Å²) in [5.74, 6) is 0.0766. The van der Waals surface area contributed by atoms with Crippen LogP contribution < -0.4 is 16.0 Å². The Bertz CT molecular complexity index is 1020. The van der Waals surface area contributed by atoms with E-state index in [2.05, 4.69) is 25.9 Å². The number of nitrogens with one attached hydrogen (secondary N) is 4. The summed E-state index contributed by atoms with van der Waals surface area (Å²) in [6.45, 7) is 11.2. The molecule has 154 valence electrons. The van der Waals surface area contributed by atoms with Crippen molar-refractivity contribution in [3.63, 3.8) is 0 Å². The molecular formula is C21H27N5O3. The Kier molecular flexibility index (Phi) is 5.74. The summed E-state index contributed by atoms with van der Waals surface area (Å²) < 4.78 is 0. The summed E-state index contributed by atoms with van der Waals surface area (Å²) >= 11 is 0. The quantitative estimate of drug-likeness (QED) is 0.378. The number of aromatic hydroxyl groups is 1. The number of nitrogens with zero attached hydrogens (tertiary/aromatic N) is 1. The number of carbonyl (C=O) groups is 2. The topological polar surface area (TPSA) is 119 Å². The molecule has 0 saturated carbocycles. The number of pyridine rings is 1. The van der Waals surface area contributed by atoms with E-state index in [1.807, 2.05) is 20.8 Å². The van der Waals surface area contributed by atoms with Gasteiger partial charge in [0.1, 0.15) is 11.6 Å². The van der Waals surface area contributed by atoms with E-state index in [1.165, 1.54) is 0 Å². The van der Waals surface area contributed by atoms with Crippen molar-refractivity contribution in [2.45, 2.75) is 34.6 Å². The van der Waals surface area contributed by atoms with Gasteiger partial charge >= 0.3 is 0 Å². The molecule has 0 bridgehead atoms. The number of H-pyrrole nitrogens is 1. The van der Waals surface area contributed by atoms with E-state index in [-0.39, 0.29) is 17.6 Å². The zero-order valence-electron chi connectivity index (χ0n) is 17.4. The lowest BCUT2D eigenvalue weighted by Gasteiger charge is -2.08. The monoisotopic (exact) mass is 397 g/mol. The molecule has 3 heterocycles. The Labute approximate surface area is 169 Å². The highest BCUT2D eigenvalue weighted by atomic mass is 16.3. The summed E-state index contributed by atoms with van der Waals surface area (Å²) in [6.07, 6.45) is 1.71. The van der Waals surface area contributed by atoms with Gasteiger partial charge in [-0.1, -0.05) is 6.92 Å². The number of fused-ring (bicyclic) bond motifs is 1. The molecule has 0 aliphatic carbocycles. The summed E-state index contributed by atoms with van der Waals surface area (Å²) in [4.78, 5) is 32.6. The van der Waals surface area contributed by atoms with Crippen LogP contribution in [0.15, 0.2) is 0 Å². The van der Waals surface area contributed by atoms with Crippen LogP contribution in [0.25, 0.3) is 11.6 Å². The largest absolute Gasteiger partial charge is 0.506 e. The first-order valence-electron chi connectivity index (χ1n) is 9.67. The number of aromatic amines is 1. The molecule has 0 saturated heterocycles. The standard InChI is InChI=1S/C21H27N5O3/c1-6-22-7-8-23-21(29)16-10(2)15(24-12(16)4)9-14-17-11(3)18(27)13(5)25-19(17)26-20(14)28/h9,22,24,27H,6-8H2,1-5H3,(H,23,29)(H,25,26,28). The summed E-state index contributed by atoms with van der Waals surface area (Å²) in [6, 6.07) is 0. The predicted octanol–water partition coefficient (Wildman–Crippen LogP) is 2.18. The molecule has 2 aromatic rings. The number of anilines is 1. The lowest BCUT2D eigenvalue weighted by atomic mass is 10.00. The molecule has 0 radical (unpaired) electrons. The average Bonchev–Trinajstić information content (AvgIpc) is 3.12. The Hall–Kier alpha value is -3.13. The molecule has 2 amide bonds. The number of hydrogen-bond acceptors (Lipinski definition) is 5. The third-order valence-electron chi connectivity index (χ3n) is 5.16. The van der Waals surface area contributed by atoms with Crippen LogP contribution in [-0.4, -0.2) is 46.5 Å². The van der Waals surface area contributed by atoms with Crippen LogP contribution in [-0.2, 0) is 4.79 Å². The van der Waals surface area contributed by atoms with Crippen LogP contribution in [0.1, 0.15) is 51.1 Å². The van der Waals surface area contributed by atoms with Crippen LogP contribution >= 0.6 is 0 Å². The Balaban J connectivity index is 1.96. The van der Waals surface area contributed by atoms with Crippen molar-refractivity contribution in [1.29, 1.82) is 0 Å². The molecular weight excluding hydrogens is 370 g/mol. The number of aryl methyl sites for hydroxylation is 2. The minimum absolute atomic E-state index is 0.0753. The number of carbonyl (C=O) groups excluding carboxylic acids is 2. The van der Waals surface area contributed by atoms with Crippen LogP contribution in [0.5, 0.6) is 5.75 Å². The van der Waals surface area contributed by atoms with Gasteiger partial charge in [0.2, 0.25) is 0 Å². The second-order valence-electron chi connectivity index (χ2n) is 7.18. The maximum absolute atomic E-state index is 12.6. The van der Waals surface area contributed by atoms with Crippen molar-refractivity contribution in [1.82, 2.24) is 20.6 Å². The lowest BCUT2D eigenvalue weighted by molar-refractivity contribution is -0.110. The summed E-state index contributed by atoms with van der Waals surface area (Å²) in [5.41, 5.74) is 4.80. The highest BCUT2D eigenvalue weighted by Gasteiger charge is 2.30. The Morgan fingerprint density at radius 2 is 1.90 bits per heavy atom. The van der Waals surface area contributed by atoms with E-state index in [4.69, 9.17) is 0 Å². The maximum atomic E-state index is 12.6. The molecule has 8 nitrogen and oxygen atoms in total. The van der Waals surface area contributed by atoms with Gasteiger partial charge in [0.15, 0.2) is 0 Å². The predicted molar refractivity (Wildman–Crippen MR) is 113 cm³/mol. The molecule has 0 spiro atoms. The number of rotatable bonds is 6. The third kappa shape index (κ3) is 3.75. The van der Waals surface area contributed by atoms with Gasteiger partial charge in [-0.15, -0.1) is 0 Å². The smallest absolute Gasteiger partial charge is 0.257 e. The van der Waals surface area contributed by atoms with E-state index < -0.39 is 0 Å². The van der Waals surface area contributed by atoms with E-state index >= 15 is 0 Å². The number of likely N-dealkylation sites (N-methyl/N-ethyl adjacent to an activating group) is 1. The number of aromatic nitrogens is 2. The highest BCUT2D eigenvalue weighted by Crippen LogP contribution is 2.39. The van der Waals surface area contributed by atoms with Gasteiger partial charge < -0.3 is 26.0 Å². The molecule has 1 aliphatic rings. The van der Waals surface area contributed by atoms with Crippen LogP contribution in [0.3, 0.4) is 0 Å². The fourth-order valence-corrected chi connectivity index (χ4v) is 3.62. The Morgan fingerprint density at radius 1 is 1.17 bits per heavy atom. The van der Waals surface area contributed by atoms with Gasteiger partial charge in [0.05, 0.1) is 16.8 Å². The minimum Gasteiger partial charge on any atom is -0.506 e. The van der Waals surface area contributed by atoms with Crippen LogP contribution in [0.4, 0.5) is 5.82 Å². The zero-order valence-corrected chi connectivity index (χ0v) is 17.4. The van der Waals surface area contributed by atoms with Crippen LogP contribution in [0.2, 0.25) is 0 Å². The first-order valence-corrected chi connectivity index (χ1v) is 9.67. The third-order valence-corrected chi connectivity index (χ3v) is 5.16. The minimum atomic E-state index is -0.288. The van der Waals surface area contributed by atoms with E-state index in [0.29, 0.717) is 52.6 Å². The fourth-order valence-electron chi connectivity index (χ4n) is 3.62. The summed E-state index contributed by atoms with van der Waals surface area (Å²) in [7, 11) is 0. The number of hydrogen-bond donors (Lipinski definition) is 5. The van der Waals surface area contributed by atoms with E-state index in [0.717, 1.165) is 17.8 Å². The van der Waals surface area contributed by atoms with Gasteiger partial charge in [-0.05, 0) is 45.9 Å². The van der Waals surface area contributed by atoms with Gasteiger partial charge in [0.25, 0.3) is 11.8 Å². The van der Waals surface area contributed by atoms with E-state index in [9.17, 15) is 14.7 Å². The molecule has 0 aromatic carbocycles. The van der Waals surface area contributed by atoms with Crippen molar-refractivity contribution in [3.8, 4) is 5.75 Å². The van der Waals surface area contributed by atoms with Gasteiger partial charge in [-0.25, -0.2) is 4.98 Å². The van der Waals surface area contributed by atoms with Gasteiger partial charge in [-0.2, -0.15) is 0 Å². The van der Waals surface area contributed by atoms with E-state index in [1.54, 1.807) is 19.9 Å². The molecule has 8 heteroatoms. The second-order valence-corrected chi connectivity index (χ2v) is 7.18. The van der Waals surface area contributed by atoms with Crippen molar-refractivity contribution in [3.05, 3.63) is 39.3 Å². The molecule has 5 N–H and O–H groups in total. The van der Waals surface area contributed by atoms with Crippen molar-refractivity contribution >= 4 is 29.3 Å². The fraction of sp³-hybridized carbons (Fsp3) is 0.381. The molecule has 3 rings (SSSR count). The zero-order chi connectivity index (χ0) is 21.3. The molecule has 0 atom stereocenters. The first kappa shape index (κ1) is 20.6. The molecule has 1 aliphatic heterocycles. The second kappa shape index (κ2) is 8.08. The maximum Gasteiger partial charge on any atom is 0.257 e. The molecule has 0 fully saturated rings. The van der Waals surface area contributed by atoms with Crippen molar-refractivity contribution < 1.29 is 14.7 Å². The molecule has 29 heavy (non-hydrogen) atoms. The SMILES string of the molecule is CCNCCNC(=O)c1c(C)[nH]c(C=C2C(=O)Nc3nc(C)c(O)c(C)c32)c1C. The summed E-state index contributed by atoms with van der Waals surface area (Å²) in [5, 5.41) is 19.1. The van der Waals surface area contributed by atoms with Crippen LogP contribution in [0, 0.1) is 27.7 Å². The Morgan fingerprint density at radius 3 is 2.59 bits per heavy atom.